The zero-order chi connectivity index (χ0) is 80.6. The molecule has 115 heavy (non-hydrogen) atoms. The van der Waals surface area contributed by atoms with Crippen LogP contribution in [0.5, 0.6) is 11.5 Å². The Morgan fingerprint density at radius 1 is 0.400 bits per heavy atom. The van der Waals surface area contributed by atoms with E-state index < -0.39 is 0 Å². The molecule has 28 heteroatoms. The van der Waals surface area contributed by atoms with E-state index in [0.717, 1.165) is 157 Å². The number of fused-ring (bicyclic) bond motifs is 4. The number of nitrogens with two attached hydrogens (primary N) is 1. The predicted molar refractivity (Wildman–Crippen MR) is 434 cm³/mol. The Hall–Kier alpha value is -12.7. The zero-order valence-electron chi connectivity index (χ0n) is 64.5. The molecule has 8 heterocycles. The molecule has 8 N–H and O–H groups in total. The summed E-state index contributed by atoms with van der Waals surface area (Å²) in [6.07, 6.45) is 15.3. The minimum atomic E-state index is -0.0201. The van der Waals surface area contributed by atoms with Crippen molar-refractivity contribution in [1.82, 2.24) is 60.3 Å². The maximum Gasteiger partial charge on any atom is 0.255 e. The number of amides is 8. The number of hydrogen-bond acceptors (Lipinski definition) is 19. The van der Waals surface area contributed by atoms with Crippen LogP contribution in [0.25, 0.3) is 0 Å². The second-order valence-electron chi connectivity index (χ2n) is 29.9. The highest BCUT2D eigenvalue weighted by Crippen LogP contribution is 2.40. The van der Waals surface area contributed by atoms with Crippen LogP contribution in [0.1, 0.15) is 212 Å². The number of nitrogens with one attached hydrogen (secondary N) is 6. The molecular weight excluding hydrogens is 1520 g/mol. The standard InChI is InChI=1S/C26H26N4O3.2C18H18N4O2.C17H16BrNO2.C8H10N4O/c1-16-23-12-18(11-20-13-24(28-15-27-20)29-25(31)19-6-7-19)5-10-22(23)26(32)30(16)14-17-3-8-21(33-2)9-4-17;2*1-10-15-7-11(2-5-14(15)18(24)21-10)6-13-8-16(20-9-19-13)22-17(23)12-3-4-12;1-11-16-9-13(18)5-8-15(16)17(20)19(11)10-12-3-6-14(21-2)7-4-12;9-6-3-7(11-4-10-6)12-8(13)5-1-2-5/h3-5,8-10,12-13,15-16,19H,6-7,11,14H2,1-2H3,(H,27,28,29,31);2*2,5,7-10,12H,3-4,6H2,1H3,(H,21,24)(H,19,20,22,23);3-9,11H,10H2,1-2H3;3-5H,1-2H2,(H3,9,10,11,12,13). The Morgan fingerprint density at radius 3 is 1.06 bits per heavy atom. The molecule has 4 fully saturated rings. The van der Waals surface area contributed by atoms with Crippen LogP contribution in [0.15, 0.2) is 175 Å². The van der Waals surface area contributed by atoms with Gasteiger partial charge in [-0.2, -0.15) is 0 Å². The molecular formula is C87H88BrN17O10. The van der Waals surface area contributed by atoms with Gasteiger partial charge in [0.2, 0.25) is 23.6 Å². The number of methoxy groups -OCH3 is 2. The molecule has 0 spiro atoms. The van der Waals surface area contributed by atoms with Crippen molar-refractivity contribution in [2.45, 2.75) is 136 Å². The minimum Gasteiger partial charge on any atom is -0.497 e. The number of nitrogens with zero attached hydrogens (tertiary/aromatic N) is 10. The van der Waals surface area contributed by atoms with Gasteiger partial charge in [-0.05, 0) is 190 Å². The van der Waals surface area contributed by atoms with Crippen molar-refractivity contribution in [3.05, 3.63) is 265 Å². The zero-order valence-corrected chi connectivity index (χ0v) is 66.1. The molecule has 27 nitrogen and oxygen atoms in total. The number of carbonyl (C=O) groups excluding carboxylic acids is 8. The van der Waals surface area contributed by atoms with Crippen LogP contribution in [0.3, 0.4) is 0 Å². The van der Waals surface area contributed by atoms with E-state index in [0.29, 0.717) is 61.4 Å². The van der Waals surface area contributed by atoms with Gasteiger partial charge in [0.1, 0.15) is 65.9 Å². The number of benzene rings is 6. The highest BCUT2D eigenvalue weighted by molar-refractivity contribution is 9.10. The molecule has 4 unspecified atom stereocenters. The van der Waals surface area contributed by atoms with E-state index in [9.17, 15) is 38.4 Å². The molecule has 8 amide bonds. The molecule has 10 aromatic rings. The van der Waals surface area contributed by atoms with Crippen LogP contribution in [0, 0.1) is 23.7 Å². The molecule has 0 radical (unpaired) electrons. The first-order valence-corrected chi connectivity index (χ1v) is 39.3. The topological polar surface area (TPSA) is 363 Å². The van der Waals surface area contributed by atoms with Gasteiger partial charge < -0.3 is 56.9 Å². The predicted octanol–water partition coefficient (Wildman–Crippen LogP) is 13.2. The first-order chi connectivity index (χ1) is 55.6. The summed E-state index contributed by atoms with van der Waals surface area (Å²) in [6, 6.07) is 46.3. The Balaban J connectivity index is 0.000000122. The number of rotatable bonds is 20. The third-order valence-electron chi connectivity index (χ3n) is 21.1. The lowest BCUT2D eigenvalue weighted by Crippen LogP contribution is -2.26. The van der Waals surface area contributed by atoms with Crippen LogP contribution >= 0.6 is 15.9 Å². The Bertz CT molecular complexity index is 5230. The fraction of sp³-hybridized carbons (Fsp3) is 0.310. The van der Waals surface area contributed by atoms with E-state index in [1.807, 2.05) is 145 Å². The van der Waals surface area contributed by atoms with Gasteiger partial charge >= 0.3 is 0 Å². The Kier molecular flexibility index (Phi) is 24.1. The van der Waals surface area contributed by atoms with Gasteiger partial charge in [0.05, 0.1) is 55.5 Å². The summed E-state index contributed by atoms with van der Waals surface area (Å²) in [5.74, 6) is 4.92. The van der Waals surface area contributed by atoms with Gasteiger partial charge in [-0.25, -0.2) is 39.9 Å². The second-order valence-corrected chi connectivity index (χ2v) is 30.8. The minimum absolute atomic E-state index is 0.0174. The number of nitrogen functional groups attached to an aromatic ring is 1. The largest absolute Gasteiger partial charge is 0.497 e. The molecule has 18 rings (SSSR count). The number of halogens is 1. The van der Waals surface area contributed by atoms with Gasteiger partial charge in [-0.3, -0.25) is 38.4 Å². The molecule has 0 saturated heterocycles. The molecule has 4 saturated carbocycles. The highest BCUT2D eigenvalue weighted by atomic mass is 79.9. The van der Waals surface area contributed by atoms with E-state index >= 15 is 0 Å². The number of ether oxygens (including phenoxy) is 2. The van der Waals surface area contributed by atoms with E-state index in [-0.39, 0.29) is 95.1 Å². The van der Waals surface area contributed by atoms with Crippen molar-refractivity contribution in [3.8, 4) is 11.5 Å². The third-order valence-corrected chi connectivity index (χ3v) is 21.6. The first kappa shape index (κ1) is 78.9. The van der Waals surface area contributed by atoms with Crippen LogP contribution in [-0.2, 0) is 51.5 Å². The molecule has 6 aromatic carbocycles. The normalized spacial score (nSPS) is 17.6. The van der Waals surface area contributed by atoms with E-state index in [4.69, 9.17) is 15.2 Å². The maximum atomic E-state index is 13.1. The molecule has 8 aliphatic rings. The lowest BCUT2D eigenvalue weighted by Gasteiger charge is -2.22. The summed E-state index contributed by atoms with van der Waals surface area (Å²) in [5, 5.41) is 17.0. The lowest BCUT2D eigenvalue weighted by atomic mass is 9.99. The number of aromatic nitrogens is 8. The van der Waals surface area contributed by atoms with Crippen LogP contribution in [0.2, 0.25) is 0 Å². The van der Waals surface area contributed by atoms with Gasteiger partial charge in [0, 0.05) is 107 Å². The average Bonchev–Trinajstić information content (AvgIpc) is 1.66. The quantitative estimate of drug-likeness (QED) is 0.0373. The summed E-state index contributed by atoms with van der Waals surface area (Å²) >= 11 is 3.47. The number of hydrogen-bond donors (Lipinski definition) is 7. The van der Waals surface area contributed by atoms with Crippen LogP contribution in [0.4, 0.5) is 29.1 Å². The molecule has 4 aromatic heterocycles. The maximum absolute atomic E-state index is 13.1. The van der Waals surface area contributed by atoms with Gasteiger partial charge in [-0.15, -0.1) is 0 Å². The second kappa shape index (κ2) is 35.1. The van der Waals surface area contributed by atoms with Crippen molar-refractivity contribution < 1.29 is 47.8 Å². The van der Waals surface area contributed by atoms with Gasteiger partial charge in [-0.1, -0.05) is 76.6 Å². The van der Waals surface area contributed by atoms with E-state index in [2.05, 4.69) is 108 Å². The number of carbonyl (C=O) groups is 8. The fourth-order valence-electron chi connectivity index (χ4n) is 13.9. The molecule has 0 bridgehead atoms. The molecule has 4 atom stereocenters. The summed E-state index contributed by atoms with van der Waals surface area (Å²) in [4.78, 5) is 133. The molecule has 588 valence electrons. The molecule has 4 aliphatic heterocycles. The summed E-state index contributed by atoms with van der Waals surface area (Å²) in [5.41, 5.74) is 20.5. The third kappa shape index (κ3) is 20.0. The first-order valence-electron chi connectivity index (χ1n) is 38.5. The fourth-order valence-corrected chi connectivity index (χ4v) is 14.3. The lowest BCUT2D eigenvalue weighted by molar-refractivity contribution is -0.118. The van der Waals surface area contributed by atoms with E-state index in [1.54, 1.807) is 32.4 Å². The molecule has 4 aliphatic carbocycles. The van der Waals surface area contributed by atoms with Crippen LogP contribution < -0.4 is 47.1 Å². The summed E-state index contributed by atoms with van der Waals surface area (Å²) in [7, 11) is 3.29. The SMILES string of the molecule is CC1NC(=O)c2ccc(Cc3cc(NC(=O)C4CC4)ncn3)cc21.CC1NC(=O)c2ccc(Cc3cc(NC(=O)C4CC4)ncn3)cc21.COc1ccc(CN2C(=O)c3ccc(Br)cc3C2C)cc1.COc1ccc(CN2C(=O)c3ccc(Cc4cc(NC(=O)C5CC5)ncn4)cc3C2C)cc1.Nc1cc(NC(=O)C2CC2)ncn1. The van der Waals surface area contributed by atoms with E-state index in [1.165, 1.54) is 25.3 Å². The Morgan fingerprint density at radius 2 is 0.713 bits per heavy atom. The van der Waals surface area contributed by atoms with Crippen molar-refractivity contribution in [2.24, 2.45) is 23.7 Å². The summed E-state index contributed by atoms with van der Waals surface area (Å²) < 4.78 is 11.4. The Labute approximate surface area is 673 Å². The van der Waals surface area contributed by atoms with Crippen molar-refractivity contribution in [2.75, 3.05) is 41.2 Å². The van der Waals surface area contributed by atoms with Crippen molar-refractivity contribution in [3.63, 3.8) is 0 Å². The monoisotopic (exact) mass is 1610 g/mol. The van der Waals surface area contributed by atoms with Gasteiger partial charge in [0.25, 0.3) is 23.6 Å². The summed E-state index contributed by atoms with van der Waals surface area (Å²) in [6.45, 7) is 9.24. The van der Waals surface area contributed by atoms with Crippen molar-refractivity contribution >= 4 is 92.3 Å². The average molecular weight is 1610 g/mol. The van der Waals surface area contributed by atoms with Crippen molar-refractivity contribution in [1.29, 1.82) is 0 Å². The smallest absolute Gasteiger partial charge is 0.255 e. The van der Waals surface area contributed by atoms with Gasteiger partial charge in [0.15, 0.2) is 0 Å². The number of anilines is 5. The van der Waals surface area contributed by atoms with Crippen LogP contribution in [-0.4, -0.2) is 111 Å². The highest BCUT2D eigenvalue weighted by Gasteiger charge is 2.37.